The first-order valence-corrected chi connectivity index (χ1v) is 12.9. The van der Waals surface area contributed by atoms with Gasteiger partial charge in [-0.25, -0.2) is 19.7 Å². The number of hydrogen-bond acceptors (Lipinski definition) is 8. The molecule has 0 atom stereocenters. The molecule has 5 aromatic rings. The number of aromatic nitrogens is 4. The highest BCUT2D eigenvalue weighted by Crippen LogP contribution is 2.36. The number of ether oxygens (including phenoxy) is 1. The quantitative estimate of drug-likeness (QED) is 0.211. The second kappa shape index (κ2) is 11.6. The topological polar surface area (TPSA) is 105 Å². The van der Waals surface area contributed by atoms with Crippen LogP contribution in [0.15, 0.2) is 85.6 Å². The molecule has 0 saturated heterocycles. The number of nitrogens with one attached hydrogen (secondary N) is 2. The number of benzene rings is 2. The summed E-state index contributed by atoms with van der Waals surface area (Å²) in [6, 6.07) is 13.1. The maximum atomic E-state index is 13.3. The first-order valence-electron chi connectivity index (χ1n) is 12.1. The van der Waals surface area contributed by atoms with Crippen molar-refractivity contribution < 1.29 is 22.7 Å². The van der Waals surface area contributed by atoms with Crippen molar-refractivity contribution in [3.63, 3.8) is 0 Å². The van der Waals surface area contributed by atoms with Gasteiger partial charge in [0.05, 0.1) is 34.2 Å². The number of carbonyl (C=O) groups is 1. The Hall–Kier alpha value is -5.04. The third-order valence-electron chi connectivity index (χ3n) is 5.68. The number of anilines is 3. The van der Waals surface area contributed by atoms with E-state index in [2.05, 4.69) is 30.6 Å². The molecule has 0 aliphatic heterocycles. The molecule has 41 heavy (non-hydrogen) atoms. The molecule has 0 fully saturated rings. The van der Waals surface area contributed by atoms with Gasteiger partial charge in [-0.2, -0.15) is 13.2 Å². The number of halogens is 3. The van der Waals surface area contributed by atoms with E-state index >= 15 is 0 Å². The summed E-state index contributed by atoms with van der Waals surface area (Å²) in [5, 5.41) is 5.90. The number of carbonyl (C=O) groups excluding carboxylic acids is 1. The lowest BCUT2D eigenvalue weighted by Gasteiger charge is -2.15. The summed E-state index contributed by atoms with van der Waals surface area (Å²) in [4.78, 5) is 32.2. The number of urea groups is 1. The maximum absolute atomic E-state index is 13.3. The number of hydrogen-bond donors (Lipinski definition) is 2. The van der Waals surface area contributed by atoms with Crippen LogP contribution in [0.3, 0.4) is 0 Å². The molecular weight excluding hydrogens is 555 g/mol. The van der Waals surface area contributed by atoms with E-state index in [9.17, 15) is 18.0 Å². The van der Waals surface area contributed by atoms with E-state index < -0.39 is 17.8 Å². The lowest BCUT2D eigenvalue weighted by Crippen LogP contribution is -2.20. The smallest absolute Gasteiger partial charge is 0.416 e. The molecular formula is C28H22F3N7O2S. The largest absolute Gasteiger partial charge is 0.424 e. The minimum Gasteiger partial charge on any atom is -0.424 e. The molecule has 13 heteroatoms. The molecule has 0 spiro atoms. The zero-order valence-corrected chi connectivity index (χ0v) is 22.5. The van der Waals surface area contributed by atoms with Gasteiger partial charge in [-0.1, -0.05) is 23.5 Å². The Labute approximate surface area is 236 Å². The van der Waals surface area contributed by atoms with Gasteiger partial charge in [-0.15, -0.1) is 0 Å². The highest BCUT2D eigenvalue weighted by atomic mass is 32.1. The predicted molar refractivity (Wildman–Crippen MR) is 151 cm³/mol. The summed E-state index contributed by atoms with van der Waals surface area (Å²) in [5.41, 5.74) is 1.18. The third-order valence-corrected chi connectivity index (χ3v) is 6.89. The SMILES string of the molecule is CN(C)c1ncc(-c2ccc(Oc3ncc(NC(=O)Nc4cc(C(F)(F)F)ccc4-c4cccnc4)cn3)cc2)s1. The first kappa shape index (κ1) is 27.5. The summed E-state index contributed by atoms with van der Waals surface area (Å²) in [7, 11) is 3.87. The van der Waals surface area contributed by atoms with Gasteiger partial charge in [-0.05, 0) is 48.0 Å². The normalized spacial score (nSPS) is 11.1. The van der Waals surface area contributed by atoms with Crippen molar-refractivity contribution in [2.75, 3.05) is 29.6 Å². The van der Waals surface area contributed by atoms with Gasteiger partial charge in [-0.3, -0.25) is 4.98 Å². The highest BCUT2D eigenvalue weighted by Gasteiger charge is 2.31. The zero-order valence-electron chi connectivity index (χ0n) is 21.7. The van der Waals surface area contributed by atoms with Gasteiger partial charge in [0, 0.05) is 43.8 Å². The van der Waals surface area contributed by atoms with E-state index in [0.29, 0.717) is 16.9 Å². The molecule has 2 N–H and O–H groups in total. The Kier molecular flexibility index (Phi) is 7.79. The Bertz CT molecular complexity index is 1640. The van der Waals surface area contributed by atoms with Crippen molar-refractivity contribution in [1.29, 1.82) is 0 Å². The Morgan fingerprint density at radius 1 is 0.902 bits per heavy atom. The first-order chi connectivity index (χ1) is 19.7. The van der Waals surface area contributed by atoms with E-state index in [1.54, 1.807) is 41.8 Å². The number of amides is 2. The number of pyridine rings is 1. The van der Waals surface area contributed by atoms with Crippen molar-refractivity contribution in [3.8, 4) is 33.3 Å². The zero-order chi connectivity index (χ0) is 29.0. The monoisotopic (exact) mass is 577 g/mol. The molecule has 9 nitrogen and oxygen atoms in total. The van der Waals surface area contributed by atoms with Gasteiger partial charge in [0.1, 0.15) is 5.75 Å². The van der Waals surface area contributed by atoms with Crippen LogP contribution in [-0.2, 0) is 6.18 Å². The van der Waals surface area contributed by atoms with E-state index in [0.717, 1.165) is 27.7 Å². The van der Waals surface area contributed by atoms with Gasteiger partial charge >= 0.3 is 18.2 Å². The molecule has 3 aromatic heterocycles. The van der Waals surface area contributed by atoms with Crippen LogP contribution in [0.2, 0.25) is 0 Å². The van der Waals surface area contributed by atoms with Crippen LogP contribution in [0.4, 0.5) is 34.5 Å². The van der Waals surface area contributed by atoms with Crippen LogP contribution in [0, 0.1) is 0 Å². The third kappa shape index (κ3) is 6.76. The van der Waals surface area contributed by atoms with Crippen molar-refractivity contribution >= 4 is 33.9 Å². The molecule has 2 amide bonds. The molecule has 5 rings (SSSR count). The van der Waals surface area contributed by atoms with Crippen molar-refractivity contribution in [2.24, 2.45) is 0 Å². The number of alkyl halides is 3. The van der Waals surface area contributed by atoms with Crippen LogP contribution in [0.5, 0.6) is 11.8 Å². The van der Waals surface area contributed by atoms with E-state index in [-0.39, 0.29) is 17.4 Å². The van der Waals surface area contributed by atoms with Crippen LogP contribution < -0.4 is 20.3 Å². The molecule has 2 aromatic carbocycles. The summed E-state index contributed by atoms with van der Waals surface area (Å²) in [5.74, 6) is 0.511. The molecule has 208 valence electrons. The Morgan fingerprint density at radius 3 is 2.29 bits per heavy atom. The molecule has 0 aliphatic rings. The average Bonchev–Trinajstić information content (AvgIpc) is 3.45. The lowest BCUT2D eigenvalue weighted by molar-refractivity contribution is -0.137. The molecule has 3 heterocycles. The van der Waals surface area contributed by atoms with E-state index in [1.807, 2.05) is 37.3 Å². The Morgan fingerprint density at radius 2 is 1.66 bits per heavy atom. The average molecular weight is 578 g/mol. The van der Waals surface area contributed by atoms with Crippen LogP contribution in [0.25, 0.3) is 21.6 Å². The fourth-order valence-electron chi connectivity index (χ4n) is 3.71. The molecule has 0 bridgehead atoms. The Balaban J connectivity index is 1.24. The highest BCUT2D eigenvalue weighted by molar-refractivity contribution is 7.18. The van der Waals surface area contributed by atoms with Crippen LogP contribution >= 0.6 is 11.3 Å². The predicted octanol–water partition coefficient (Wildman–Crippen LogP) is 7.18. The number of thiazole rings is 1. The summed E-state index contributed by atoms with van der Waals surface area (Å²) >= 11 is 1.57. The maximum Gasteiger partial charge on any atom is 0.416 e. The fourth-order valence-corrected chi connectivity index (χ4v) is 4.56. The second-order valence-corrected chi connectivity index (χ2v) is 9.87. The summed E-state index contributed by atoms with van der Waals surface area (Å²) < 4.78 is 45.7. The van der Waals surface area contributed by atoms with Crippen molar-refractivity contribution in [1.82, 2.24) is 19.9 Å². The molecule has 0 saturated carbocycles. The van der Waals surface area contributed by atoms with Gasteiger partial charge in [0.25, 0.3) is 0 Å². The van der Waals surface area contributed by atoms with Crippen molar-refractivity contribution in [3.05, 3.63) is 91.1 Å². The van der Waals surface area contributed by atoms with Crippen LogP contribution in [-0.4, -0.2) is 40.1 Å². The van der Waals surface area contributed by atoms with E-state index in [1.165, 1.54) is 24.7 Å². The molecule has 0 aliphatic carbocycles. The molecule has 0 radical (unpaired) electrons. The minimum absolute atomic E-state index is 0.0362. The van der Waals surface area contributed by atoms with Gasteiger partial charge < -0.3 is 20.3 Å². The lowest BCUT2D eigenvalue weighted by atomic mass is 10.0. The standard InChI is InChI=1S/C28H22F3N7O2S/c1-38(2)27-35-16-24(41-27)17-5-8-21(9-6-17)40-26-33-14-20(15-34-26)36-25(39)37-23-12-19(28(29,30)31)7-10-22(23)18-4-3-11-32-13-18/h3-16H,1-2H3,(H2,36,37,39). The summed E-state index contributed by atoms with van der Waals surface area (Å²) in [6.45, 7) is 0. The minimum atomic E-state index is -4.58. The molecule has 0 unspecified atom stereocenters. The summed E-state index contributed by atoms with van der Waals surface area (Å²) in [6.07, 6.45) is 2.91. The van der Waals surface area contributed by atoms with Crippen molar-refractivity contribution in [2.45, 2.75) is 6.18 Å². The number of nitrogens with zero attached hydrogens (tertiary/aromatic N) is 5. The fraction of sp³-hybridized carbons (Fsp3) is 0.107. The van der Waals surface area contributed by atoms with Crippen LogP contribution in [0.1, 0.15) is 5.56 Å². The van der Waals surface area contributed by atoms with E-state index in [4.69, 9.17) is 4.74 Å². The number of rotatable bonds is 7. The van der Waals surface area contributed by atoms with Gasteiger partial charge in [0.15, 0.2) is 5.13 Å². The second-order valence-electron chi connectivity index (χ2n) is 8.86. The van der Waals surface area contributed by atoms with Gasteiger partial charge in [0.2, 0.25) is 0 Å².